The highest BCUT2D eigenvalue weighted by molar-refractivity contribution is 5.96. The Morgan fingerprint density at radius 3 is 2.40 bits per heavy atom. The molecule has 0 aliphatic heterocycles. The highest BCUT2D eigenvalue weighted by Crippen LogP contribution is 2.10. The van der Waals surface area contributed by atoms with Crippen molar-refractivity contribution in [3.63, 3.8) is 0 Å². The summed E-state index contributed by atoms with van der Waals surface area (Å²) in [5, 5.41) is 7.69. The third-order valence-corrected chi connectivity index (χ3v) is 4.26. The fraction of sp³-hybridized carbons (Fsp3) is 0.579. The van der Waals surface area contributed by atoms with Gasteiger partial charge in [-0.05, 0) is 39.1 Å². The zero-order valence-corrected chi connectivity index (χ0v) is 17.9. The average Bonchev–Trinajstić information content (AvgIpc) is 3.40. The number of nitrogens with zero attached hydrogens (tertiary/aromatic N) is 4. The van der Waals surface area contributed by atoms with Crippen LogP contribution in [0.15, 0.2) is 22.7 Å². The summed E-state index contributed by atoms with van der Waals surface area (Å²) in [7, 11) is 0. The van der Waals surface area contributed by atoms with Crippen LogP contribution in [0, 0.1) is 0 Å². The fourth-order valence-electron chi connectivity index (χ4n) is 2.66. The molecule has 11 heteroatoms. The van der Waals surface area contributed by atoms with Crippen molar-refractivity contribution < 1.29 is 23.5 Å². The summed E-state index contributed by atoms with van der Waals surface area (Å²) in [5.74, 6) is -0.378. The van der Waals surface area contributed by atoms with Gasteiger partial charge < -0.3 is 13.9 Å². The van der Waals surface area contributed by atoms with Gasteiger partial charge in [0.2, 0.25) is 0 Å². The van der Waals surface area contributed by atoms with E-state index in [1.165, 1.54) is 10.9 Å². The summed E-state index contributed by atoms with van der Waals surface area (Å²) in [4.78, 5) is 26.6. The van der Waals surface area contributed by atoms with Gasteiger partial charge in [0.05, 0.1) is 19.3 Å². The molecule has 0 aliphatic rings. The number of amides is 2. The minimum Gasteiger partial charge on any atom is -0.454 e. The van der Waals surface area contributed by atoms with Crippen LogP contribution >= 0.6 is 0 Å². The predicted octanol–water partition coefficient (Wildman–Crippen LogP) is 1.19. The number of rotatable bonds is 12. The van der Waals surface area contributed by atoms with Crippen LogP contribution in [-0.4, -0.2) is 64.3 Å². The van der Waals surface area contributed by atoms with Gasteiger partial charge in [-0.15, -0.1) is 5.10 Å². The van der Waals surface area contributed by atoms with E-state index in [1.54, 1.807) is 12.1 Å². The van der Waals surface area contributed by atoms with Crippen molar-refractivity contribution in [2.45, 2.75) is 47.1 Å². The number of nitrogens with one attached hydrogen (secondary N) is 2. The van der Waals surface area contributed by atoms with Crippen LogP contribution in [0.2, 0.25) is 0 Å². The highest BCUT2D eigenvalue weighted by atomic mass is 16.7. The third kappa shape index (κ3) is 6.94. The number of hydrazine groups is 1. The Bertz CT molecular complexity index is 795. The van der Waals surface area contributed by atoms with Crippen LogP contribution in [0.1, 0.15) is 54.5 Å². The molecule has 2 aromatic heterocycles. The molecule has 0 radical (unpaired) electrons. The minimum atomic E-state index is -0.603. The summed E-state index contributed by atoms with van der Waals surface area (Å²) in [6.45, 7) is 11.5. The van der Waals surface area contributed by atoms with Gasteiger partial charge in [-0.3, -0.25) is 25.3 Å². The van der Waals surface area contributed by atoms with Gasteiger partial charge in [0.15, 0.2) is 17.7 Å². The fourth-order valence-corrected chi connectivity index (χ4v) is 2.66. The van der Waals surface area contributed by atoms with Crippen LogP contribution in [0.4, 0.5) is 0 Å². The molecule has 0 spiro atoms. The number of carbonyl (C=O) groups is 2. The Kier molecular flexibility index (Phi) is 9.45. The van der Waals surface area contributed by atoms with Gasteiger partial charge in [0.1, 0.15) is 5.76 Å². The Balaban J connectivity index is 1.86. The van der Waals surface area contributed by atoms with E-state index in [1.807, 2.05) is 13.8 Å². The van der Waals surface area contributed by atoms with Gasteiger partial charge in [-0.2, -0.15) is 0 Å². The van der Waals surface area contributed by atoms with E-state index in [9.17, 15) is 9.59 Å². The molecule has 30 heavy (non-hydrogen) atoms. The molecule has 166 valence electrons. The van der Waals surface area contributed by atoms with Gasteiger partial charge >= 0.3 is 5.91 Å². The maximum atomic E-state index is 12.2. The van der Waals surface area contributed by atoms with E-state index in [-0.39, 0.29) is 18.0 Å². The standard InChI is InChI=1S/C19H30N6O5/c1-5-24(6-2)11-14-9-10-16(30-14)19(27)22-21-18(26)15-12-25(23-20-15)13-17(28-7-3)29-8-4/h9-10,12,17H,5-8,11,13H2,1-4H3,(H,21,26)(H,22,27). The van der Waals surface area contributed by atoms with Crippen molar-refractivity contribution in [3.05, 3.63) is 35.5 Å². The lowest BCUT2D eigenvalue weighted by molar-refractivity contribution is -0.145. The van der Waals surface area contributed by atoms with Crippen LogP contribution < -0.4 is 10.9 Å². The van der Waals surface area contributed by atoms with Gasteiger partial charge in [-0.25, -0.2) is 4.68 Å². The lowest BCUT2D eigenvalue weighted by Gasteiger charge is -2.16. The van der Waals surface area contributed by atoms with Crippen LogP contribution in [0.5, 0.6) is 0 Å². The Labute approximate surface area is 175 Å². The van der Waals surface area contributed by atoms with Gasteiger partial charge in [0, 0.05) is 13.2 Å². The lowest BCUT2D eigenvalue weighted by atomic mass is 10.4. The molecule has 11 nitrogen and oxygen atoms in total. The first-order valence-corrected chi connectivity index (χ1v) is 10.1. The molecular weight excluding hydrogens is 392 g/mol. The van der Waals surface area contributed by atoms with Crippen molar-refractivity contribution in [1.29, 1.82) is 0 Å². The second kappa shape index (κ2) is 12.1. The van der Waals surface area contributed by atoms with E-state index >= 15 is 0 Å². The van der Waals surface area contributed by atoms with Crippen molar-refractivity contribution in [2.24, 2.45) is 0 Å². The van der Waals surface area contributed by atoms with Crippen molar-refractivity contribution in [2.75, 3.05) is 26.3 Å². The van der Waals surface area contributed by atoms with E-state index < -0.39 is 18.1 Å². The smallest absolute Gasteiger partial charge is 0.305 e. The molecular formula is C19H30N6O5. The zero-order chi connectivity index (χ0) is 21.9. The molecule has 0 aliphatic carbocycles. The Morgan fingerprint density at radius 1 is 1.10 bits per heavy atom. The van der Waals surface area contributed by atoms with E-state index in [0.29, 0.717) is 25.5 Å². The maximum Gasteiger partial charge on any atom is 0.305 e. The summed E-state index contributed by atoms with van der Waals surface area (Å²) in [6.07, 6.45) is 0.962. The van der Waals surface area contributed by atoms with Crippen molar-refractivity contribution in [3.8, 4) is 0 Å². The highest BCUT2D eigenvalue weighted by Gasteiger charge is 2.17. The monoisotopic (exact) mass is 422 g/mol. The second-order valence-electron chi connectivity index (χ2n) is 6.30. The number of carbonyl (C=O) groups excluding carboxylic acids is 2. The molecule has 0 saturated heterocycles. The molecule has 2 N–H and O–H groups in total. The number of aromatic nitrogens is 3. The predicted molar refractivity (Wildman–Crippen MR) is 107 cm³/mol. The summed E-state index contributed by atoms with van der Waals surface area (Å²) >= 11 is 0. The number of furan rings is 1. The largest absolute Gasteiger partial charge is 0.454 e. The zero-order valence-electron chi connectivity index (χ0n) is 17.9. The van der Waals surface area contributed by atoms with Gasteiger partial charge in [-0.1, -0.05) is 19.1 Å². The molecule has 2 aromatic rings. The van der Waals surface area contributed by atoms with E-state index in [4.69, 9.17) is 13.9 Å². The first-order chi connectivity index (χ1) is 14.5. The minimum absolute atomic E-state index is 0.0451. The first kappa shape index (κ1) is 23.5. The van der Waals surface area contributed by atoms with Crippen LogP contribution in [0.25, 0.3) is 0 Å². The second-order valence-corrected chi connectivity index (χ2v) is 6.30. The number of hydrogen-bond donors (Lipinski definition) is 2. The molecule has 0 aromatic carbocycles. The van der Waals surface area contributed by atoms with Crippen molar-refractivity contribution >= 4 is 11.8 Å². The molecule has 0 unspecified atom stereocenters. The van der Waals surface area contributed by atoms with E-state index in [0.717, 1.165) is 13.1 Å². The Hall–Kier alpha value is -2.76. The average molecular weight is 422 g/mol. The summed E-state index contributed by atoms with van der Waals surface area (Å²) in [6, 6.07) is 3.31. The molecule has 0 atom stereocenters. The van der Waals surface area contributed by atoms with Crippen LogP contribution in [-0.2, 0) is 22.6 Å². The molecule has 0 fully saturated rings. The third-order valence-electron chi connectivity index (χ3n) is 4.26. The van der Waals surface area contributed by atoms with Gasteiger partial charge in [0.25, 0.3) is 5.91 Å². The molecule has 2 heterocycles. The Morgan fingerprint density at radius 2 is 1.77 bits per heavy atom. The molecule has 0 saturated carbocycles. The topological polar surface area (TPSA) is 124 Å². The molecule has 0 bridgehead atoms. The lowest BCUT2D eigenvalue weighted by Crippen LogP contribution is -2.41. The quantitative estimate of drug-likeness (QED) is 0.386. The SMILES string of the molecule is CCOC(Cn1cc(C(=O)NNC(=O)c2ccc(CN(CC)CC)o2)nn1)OCC. The normalized spacial score (nSPS) is 11.3. The van der Waals surface area contributed by atoms with Crippen LogP contribution in [0.3, 0.4) is 0 Å². The first-order valence-electron chi connectivity index (χ1n) is 10.1. The number of ether oxygens (including phenoxy) is 2. The maximum absolute atomic E-state index is 12.2. The molecule has 2 amide bonds. The summed E-state index contributed by atoms with van der Waals surface area (Å²) < 4.78 is 17.9. The summed E-state index contributed by atoms with van der Waals surface area (Å²) in [5.41, 5.74) is 4.65. The van der Waals surface area contributed by atoms with E-state index in [2.05, 4.69) is 39.9 Å². The molecule has 2 rings (SSSR count). The number of hydrogen-bond acceptors (Lipinski definition) is 8. The van der Waals surface area contributed by atoms with Crippen molar-refractivity contribution in [1.82, 2.24) is 30.7 Å².